The van der Waals surface area contributed by atoms with E-state index >= 15 is 0 Å². The summed E-state index contributed by atoms with van der Waals surface area (Å²) < 4.78 is 10.5. The van der Waals surface area contributed by atoms with Gasteiger partial charge in [0.2, 0.25) is 0 Å². The maximum Gasteiger partial charge on any atom is 0.261 e. The Hall–Kier alpha value is -2.76. The number of aryl methyl sites for hydroxylation is 2. The molecule has 0 aliphatic heterocycles. The van der Waals surface area contributed by atoms with Crippen LogP contribution in [0, 0.1) is 0 Å². The first-order valence-electron chi connectivity index (χ1n) is 8.86. The highest BCUT2D eigenvalue weighted by Gasteiger charge is 2.16. The van der Waals surface area contributed by atoms with Crippen molar-refractivity contribution in [1.82, 2.24) is 10.3 Å². The van der Waals surface area contributed by atoms with E-state index < -0.39 is 0 Å². The minimum atomic E-state index is -0.333. The van der Waals surface area contributed by atoms with Gasteiger partial charge in [-0.15, -0.1) is 0 Å². The number of methoxy groups -OCH3 is 2. The van der Waals surface area contributed by atoms with Crippen LogP contribution < -0.4 is 20.3 Å². The molecule has 2 N–H and O–H groups in total. The number of rotatable bonds is 6. The van der Waals surface area contributed by atoms with Crippen molar-refractivity contribution in [2.75, 3.05) is 20.8 Å². The van der Waals surface area contributed by atoms with Gasteiger partial charge in [-0.2, -0.15) is 0 Å². The molecule has 0 radical (unpaired) electrons. The number of aromatic nitrogens is 1. The molecule has 6 nitrogen and oxygen atoms in total. The highest BCUT2D eigenvalue weighted by molar-refractivity contribution is 5.94. The van der Waals surface area contributed by atoms with Crippen LogP contribution >= 0.6 is 0 Å². The number of benzene rings is 1. The van der Waals surface area contributed by atoms with E-state index in [1.807, 2.05) is 18.2 Å². The monoisotopic (exact) mass is 356 g/mol. The number of H-pyrrole nitrogens is 1. The maximum atomic E-state index is 12.4. The molecule has 0 saturated carbocycles. The van der Waals surface area contributed by atoms with Crippen LogP contribution in [0.2, 0.25) is 0 Å². The van der Waals surface area contributed by atoms with Gasteiger partial charge in [0.25, 0.3) is 11.5 Å². The zero-order chi connectivity index (χ0) is 18.5. The molecule has 1 aromatic heterocycles. The van der Waals surface area contributed by atoms with Crippen molar-refractivity contribution in [3.05, 3.63) is 57.0 Å². The Morgan fingerprint density at radius 3 is 2.65 bits per heavy atom. The van der Waals surface area contributed by atoms with E-state index in [0.29, 0.717) is 24.5 Å². The number of hydrogen-bond donors (Lipinski definition) is 2. The quantitative estimate of drug-likeness (QED) is 0.832. The Morgan fingerprint density at radius 1 is 1.12 bits per heavy atom. The average Bonchev–Trinajstić information content (AvgIpc) is 2.67. The van der Waals surface area contributed by atoms with Crippen LogP contribution in [0.4, 0.5) is 0 Å². The van der Waals surface area contributed by atoms with Gasteiger partial charge >= 0.3 is 0 Å². The molecule has 0 unspecified atom stereocenters. The first-order valence-corrected chi connectivity index (χ1v) is 8.86. The van der Waals surface area contributed by atoms with E-state index in [1.54, 1.807) is 20.3 Å². The molecule has 1 aliphatic rings. The van der Waals surface area contributed by atoms with Crippen molar-refractivity contribution >= 4 is 5.91 Å². The van der Waals surface area contributed by atoms with Crippen molar-refractivity contribution < 1.29 is 14.3 Å². The molecule has 1 aromatic carbocycles. The summed E-state index contributed by atoms with van der Waals surface area (Å²) in [5.41, 5.74) is 2.96. The average molecular weight is 356 g/mol. The van der Waals surface area contributed by atoms with Crippen molar-refractivity contribution in [3.63, 3.8) is 0 Å². The summed E-state index contributed by atoms with van der Waals surface area (Å²) in [4.78, 5) is 27.4. The van der Waals surface area contributed by atoms with Gasteiger partial charge in [0.15, 0.2) is 11.5 Å². The van der Waals surface area contributed by atoms with Crippen LogP contribution in [0.1, 0.15) is 40.0 Å². The van der Waals surface area contributed by atoms with E-state index in [4.69, 9.17) is 9.47 Å². The van der Waals surface area contributed by atoms with E-state index in [2.05, 4.69) is 10.3 Å². The van der Waals surface area contributed by atoms with E-state index in [-0.39, 0.29) is 17.0 Å². The number of carbonyl (C=O) groups excluding carboxylic acids is 1. The van der Waals surface area contributed by atoms with Gasteiger partial charge in [-0.3, -0.25) is 9.59 Å². The predicted octanol–water partition coefficient (Wildman–Crippen LogP) is 2.24. The van der Waals surface area contributed by atoms with Gasteiger partial charge in [0.1, 0.15) is 5.56 Å². The lowest BCUT2D eigenvalue weighted by molar-refractivity contribution is 0.0952. The van der Waals surface area contributed by atoms with E-state index in [0.717, 1.165) is 42.5 Å². The molecule has 0 saturated heterocycles. The molecule has 1 heterocycles. The third-order valence-electron chi connectivity index (χ3n) is 4.73. The fraction of sp³-hybridized carbons (Fsp3) is 0.400. The summed E-state index contributed by atoms with van der Waals surface area (Å²) in [5, 5.41) is 2.83. The van der Waals surface area contributed by atoms with Gasteiger partial charge in [0.05, 0.1) is 14.2 Å². The number of nitrogens with one attached hydrogen (secondary N) is 2. The summed E-state index contributed by atoms with van der Waals surface area (Å²) >= 11 is 0. The predicted molar refractivity (Wildman–Crippen MR) is 99.3 cm³/mol. The SMILES string of the molecule is COc1ccc(CCNC(=O)c2cc3c([nH]c2=O)CCCC3)cc1OC. The van der Waals surface area contributed by atoms with Crippen LogP contribution in [-0.2, 0) is 19.3 Å². The van der Waals surface area contributed by atoms with Crippen LogP contribution in [0.3, 0.4) is 0 Å². The summed E-state index contributed by atoms with van der Waals surface area (Å²) in [6, 6.07) is 7.40. The number of pyridine rings is 1. The molecule has 0 atom stereocenters. The van der Waals surface area contributed by atoms with Gasteiger partial charge in [-0.25, -0.2) is 0 Å². The molecular weight excluding hydrogens is 332 g/mol. The normalized spacial score (nSPS) is 13.0. The summed E-state index contributed by atoms with van der Waals surface area (Å²) in [6.07, 6.45) is 4.61. The third-order valence-corrected chi connectivity index (χ3v) is 4.73. The molecule has 0 spiro atoms. The fourth-order valence-corrected chi connectivity index (χ4v) is 3.30. The van der Waals surface area contributed by atoms with Gasteiger partial charge in [-0.05, 0) is 61.4 Å². The largest absolute Gasteiger partial charge is 0.493 e. The number of ether oxygens (including phenoxy) is 2. The van der Waals surface area contributed by atoms with Crippen molar-refractivity contribution in [1.29, 1.82) is 0 Å². The first kappa shape index (κ1) is 18.0. The van der Waals surface area contributed by atoms with Crippen LogP contribution in [0.25, 0.3) is 0 Å². The Labute approximate surface area is 152 Å². The Bertz CT molecular complexity index is 857. The Morgan fingerprint density at radius 2 is 1.88 bits per heavy atom. The van der Waals surface area contributed by atoms with Crippen molar-refractivity contribution in [2.24, 2.45) is 0 Å². The summed E-state index contributed by atoms with van der Waals surface area (Å²) in [6.45, 7) is 0.435. The highest BCUT2D eigenvalue weighted by Crippen LogP contribution is 2.27. The second kappa shape index (κ2) is 8.08. The number of amides is 1. The molecule has 3 rings (SSSR count). The lowest BCUT2D eigenvalue weighted by Gasteiger charge is -2.16. The molecule has 2 aromatic rings. The minimum absolute atomic E-state index is 0.193. The lowest BCUT2D eigenvalue weighted by atomic mass is 9.95. The first-order chi connectivity index (χ1) is 12.6. The zero-order valence-corrected chi connectivity index (χ0v) is 15.2. The highest BCUT2D eigenvalue weighted by atomic mass is 16.5. The van der Waals surface area contributed by atoms with E-state index in [9.17, 15) is 9.59 Å². The molecule has 6 heteroatoms. The van der Waals surface area contributed by atoms with Gasteiger partial charge in [0, 0.05) is 12.2 Å². The molecule has 1 amide bonds. The van der Waals surface area contributed by atoms with Crippen LogP contribution in [0.5, 0.6) is 11.5 Å². The number of aromatic amines is 1. The van der Waals surface area contributed by atoms with Crippen LogP contribution in [-0.4, -0.2) is 31.7 Å². The summed E-state index contributed by atoms with van der Waals surface area (Å²) in [7, 11) is 3.18. The second-order valence-corrected chi connectivity index (χ2v) is 6.42. The minimum Gasteiger partial charge on any atom is -0.493 e. The maximum absolute atomic E-state index is 12.4. The standard InChI is InChI=1S/C20H24N2O4/c1-25-17-8-7-13(11-18(17)26-2)9-10-21-19(23)15-12-14-5-3-4-6-16(14)22-20(15)24/h7-8,11-12H,3-6,9-10H2,1-2H3,(H,21,23)(H,22,24). The third kappa shape index (κ3) is 3.90. The van der Waals surface area contributed by atoms with Crippen molar-refractivity contribution in [3.8, 4) is 11.5 Å². The number of fused-ring (bicyclic) bond motifs is 1. The van der Waals surface area contributed by atoms with Gasteiger partial charge in [-0.1, -0.05) is 6.07 Å². The molecule has 0 bridgehead atoms. The Kier molecular flexibility index (Phi) is 5.61. The molecule has 1 aliphatic carbocycles. The topological polar surface area (TPSA) is 80.4 Å². The fourth-order valence-electron chi connectivity index (χ4n) is 3.30. The molecule has 26 heavy (non-hydrogen) atoms. The molecule has 0 fully saturated rings. The molecule has 138 valence electrons. The number of carbonyl (C=O) groups is 1. The summed E-state index contributed by atoms with van der Waals surface area (Å²) in [5.74, 6) is 0.989. The lowest BCUT2D eigenvalue weighted by Crippen LogP contribution is -2.32. The van der Waals surface area contributed by atoms with Crippen molar-refractivity contribution in [2.45, 2.75) is 32.1 Å². The number of hydrogen-bond acceptors (Lipinski definition) is 4. The molecular formula is C20H24N2O4. The zero-order valence-electron chi connectivity index (χ0n) is 15.2. The smallest absolute Gasteiger partial charge is 0.261 e. The van der Waals surface area contributed by atoms with Crippen LogP contribution in [0.15, 0.2) is 29.1 Å². The van der Waals surface area contributed by atoms with Gasteiger partial charge < -0.3 is 19.8 Å². The van der Waals surface area contributed by atoms with E-state index in [1.165, 1.54) is 0 Å². The second-order valence-electron chi connectivity index (χ2n) is 6.42. The Balaban J connectivity index is 1.63.